The zero-order chi connectivity index (χ0) is 20.8. The molecule has 0 saturated carbocycles. The molecule has 0 saturated heterocycles. The molecule has 3 aromatic rings. The van der Waals surface area contributed by atoms with Crippen molar-refractivity contribution in [1.82, 2.24) is 14.1 Å². The van der Waals surface area contributed by atoms with Crippen molar-refractivity contribution in [3.8, 4) is 0 Å². The smallest absolute Gasteiger partial charge is 0.321 e. The summed E-state index contributed by atoms with van der Waals surface area (Å²) in [5.41, 5.74) is -2.63. The number of rotatable bonds is 2. The molecule has 0 radical (unpaired) electrons. The van der Waals surface area contributed by atoms with Crippen LogP contribution in [0.3, 0.4) is 0 Å². The lowest BCUT2D eigenvalue weighted by molar-refractivity contribution is -0.137. The number of anilines is 1. The molecule has 1 N–H and O–H groups in total. The standard InChI is InChI=1S/C18H15F3N4O3/c1-9-8-22-14-12(16(27)25(3)17(28)24(14)2)13(9)23-15(26)10-6-4-5-7-11(10)18(19,20)21/h4-8H,1-3H3,(H,22,23,26). The van der Waals surface area contributed by atoms with Gasteiger partial charge in [0, 0.05) is 20.3 Å². The van der Waals surface area contributed by atoms with Crippen molar-refractivity contribution in [1.29, 1.82) is 0 Å². The van der Waals surface area contributed by atoms with E-state index < -0.39 is 34.5 Å². The summed E-state index contributed by atoms with van der Waals surface area (Å²) < 4.78 is 41.6. The van der Waals surface area contributed by atoms with Crippen molar-refractivity contribution in [2.24, 2.45) is 14.1 Å². The summed E-state index contributed by atoms with van der Waals surface area (Å²) in [6, 6.07) is 4.34. The lowest BCUT2D eigenvalue weighted by atomic mass is 10.1. The van der Waals surface area contributed by atoms with E-state index in [9.17, 15) is 27.6 Å². The number of fused-ring (bicyclic) bond motifs is 1. The van der Waals surface area contributed by atoms with Crippen molar-refractivity contribution < 1.29 is 18.0 Å². The molecule has 0 spiro atoms. The van der Waals surface area contributed by atoms with Gasteiger partial charge in [-0.3, -0.25) is 18.7 Å². The average Bonchev–Trinajstić information content (AvgIpc) is 2.65. The summed E-state index contributed by atoms with van der Waals surface area (Å²) in [5, 5.41) is 2.32. The maximum atomic E-state index is 13.2. The van der Waals surface area contributed by atoms with E-state index in [1.807, 2.05) is 0 Å². The lowest BCUT2D eigenvalue weighted by Crippen LogP contribution is -2.38. The number of benzene rings is 1. The molecule has 0 bridgehead atoms. The second kappa shape index (κ2) is 6.63. The van der Waals surface area contributed by atoms with Crippen LogP contribution in [0.2, 0.25) is 0 Å². The number of hydrogen-bond acceptors (Lipinski definition) is 4. The summed E-state index contributed by atoms with van der Waals surface area (Å²) in [6.45, 7) is 1.54. The summed E-state index contributed by atoms with van der Waals surface area (Å²) in [4.78, 5) is 41.3. The highest BCUT2D eigenvalue weighted by atomic mass is 19.4. The van der Waals surface area contributed by atoms with Gasteiger partial charge < -0.3 is 5.32 Å². The third kappa shape index (κ3) is 3.06. The fourth-order valence-corrected chi connectivity index (χ4v) is 2.89. The summed E-state index contributed by atoms with van der Waals surface area (Å²) in [6.07, 6.45) is -3.39. The fourth-order valence-electron chi connectivity index (χ4n) is 2.89. The predicted octanol–water partition coefficient (Wildman–Crippen LogP) is 2.21. The Labute approximate surface area is 156 Å². The van der Waals surface area contributed by atoms with E-state index >= 15 is 0 Å². The number of aromatic nitrogens is 3. The molecule has 2 aromatic heterocycles. The number of hydrogen-bond donors (Lipinski definition) is 1. The quantitative estimate of drug-likeness (QED) is 0.725. The third-order valence-corrected chi connectivity index (χ3v) is 4.37. The first-order chi connectivity index (χ1) is 13.0. The summed E-state index contributed by atoms with van der Waals surface area (Å²) >= 11 is 0. The Morgan fingerprint density at radius 3 is 2.39 bits per heavy atom. The summed E-state index contributed by atoms with van der Waals surface area (Å²) in [7, 11) is 2.66. The molecule has 2 heterocycles. The molecule has 1 amide bonds. The Morgan fingerprint density at radius 1 is 1.11 bits per heavy atom. The first kappa shape index (κ1) is 19.3. The van der Waals surface area contributed by atoms with Gasteiger partial charge in [-0.15, -0.1) is 0 Å². The predicted molar refractivity (Wildman–Crippen MR) is 96.4 cm³/mol. The van der Waals surface area contributed by atoms with Crippen LogP contribution in [0.25, 0.3) is 11.0 Å². The second-order valence-corrected chi connectivity index (χ2v) is 6.22. The molecular formula is C18H15F3N4O3. The Bertz CT molecular complexity index is 1230. The van der Waals surface area contributed by atoms with E-state index in [1.54, 1.807) is 6.92 Å². The molecule has 7 nitrogen and oxygen atoms in total. The van der Waals surface area contributed by atoms with Gasteiger partial charge in [-0.25, -0.2) is 9.78 Å². The van der Waals surface area contributed by atoms with E-state index in [4.69, 9.17) is 0 Å². The molecule has 0 aliphatic carbocycles. The van der Waals surface area contributed by atoms with E-state index in [-0.39, 0.29) is 16.7 Å². The minimum Gasteiger partial charge on any atom is -0.321 e. The number of amides is 1. The van der Waals surface area contributed by atoms with Crippen LogP contribution >= 0.6 is 0 Å². The van der Waals surface area contributed by atoms with E-state index in [0.717, 1.165) is 21.3 Å². The van der Waals surface area contributed by atoms with Gasteiger partial charge in [-0.1, -0.05) is 12.1 Å². The fraction of sp³-hybridized carbons (Fsp3) is 0.222. The molecule has 3 rings (SSSR count). The number of alkyl halides is 3. The molecule has 0 atom stereocenters. The van der Waals surface area contributed by atoms with Crippen LogP contribution in [0.4, 0.5) is 18.9 Å². The van der Waals surface area contributed by atoms with Gasteiger partial charge in [0.25, 0.3) is 11.5 Å². The van der Waals surface area contributed by atoms with Gasteiger partial charge in [0.05, 0.1) is 16.8 Å². The van der Waals surface area contributed by atoms with Crippen molar-refractivity contribution in [2.45, 2.75) is 13.1 Å². The number of pyridine rings is 1. The number of halogens is 3. The van der Waals surface area contributed by atoms with Crippen molar-refractivity contribution in [3.63, 3.8) is 0 Å². The van der Waals surface area contributed by atoms with Crippen LogP contribution in [-0.2, 0) is 20.3 Å². The van der Waals surface area contributed by atoms with Crippen molar-refractivity contribution >= 4 is 22.6 Å². The molecular weight excluding hydrogens is 377 g/mol. The number of nitrogens with one attached hydrogen (secondary N) is 1. The normalized spacial score (nSPS) is 11.6. The molecule has 146 valence electrons. The largest absolute Gasteiger partial charge is 0.417 e. The number of carbonyl (C=O) groups excluding carboxylic acids is 1. The Balaban J connectivity index is 2.22. The zero-order valence-electron chi connectivity index (χ0n) is 15.1. The topological polar surface area (TPSA) is 86.0 Å². The van der Waals surface area contributed by atoms with E-state index in [0.29, 0.717) is 5.56 Å². The molecule has 28 heavy (non-hydrogen) atoms. The second-order valence-electron chi connectivity index (χ2n) is 6.22. The van der Waals surface area contributed by atoms with Gasteiger partial charge in [0.1, 0.15) is 5.39 Å². The van der Waals surface area contributed by atoms with Crippen molar-refractivity contribution in [3.05, 3.63) is 68.0 Å². The van der Waals surface area contributed by atoms with Gasteiger partial charge >= 0.3 is 11.9 Å². The minimum absolute atomic E-state index is 0.00294. The summed E-state index contributed by atoms with van der Waals surface area (Å²) in [5.74, 6) is -1.03. The molecule has 0 unspecified atom stereocenters. The van der Waals surface area contributed by atoms with Crippen LogP contribution in [0.15, 0.2) is 40.1 Å². The SMILES string of the molecule is Cc1cnc2c(c1NC(=O)c1ccccc1C(F)(F)F)c(=O)n(C)c(=O)n2C. The van der Waals surface area contributed by atoms with Crippen LogP contribution in [0.1, 0.15) is 21.5 Å². The number of carbonyl (C=O) groups is 1. The first-order valence-corrected chi connectivity index (χ1v) is 8.07. The van der Waals surface area contributed by atoms with Crippen molar-refractivity contribution in [2.75, 3.05) is 5.32 Å². The number of nitrogens with zero attached hydrogens (tertiary/aromatic N) is 3. The van der Waals surface area contributed by atoms with E-state index in [2.05, 4.69) is 10.3 Å². The highest BCUT2D eigenvalue weighted by Gasteiger charge is 2.35. The van der Waals surface area contributed by atoms with Crippen LogP contribution in [0.5, 0.6) is 0 Å². The van der Waals surface area contributed by atoms with Gasteiger partial charge in [-0.2, -0.15) is 13.2 Å². The average molecular weight is 392 g/mol. The first-order valence-electron chi connectivity index (χ1n) is 8.07. The molecule has 1 aromatic carbocycles. The Hall–Kier alpha value is -3.43. The molecule has 0 aliphatic rings. The zero-order valence-corrected chi connectivity index (χ0v) is 15.1. The highest BCUT2D eigenvalue weighted by Crippen LogP contribution is 2.32. The maximum Gasteiger partial charge on any atom is 0.417 e. The van der Waals surface area contributed by atoms with Gasteiger partial charge in [-0.05, 0) is 24.6 Å². The maximum absolute atomic E-state index is 13.2. The van der Waals surface area contributed by atoms with Crippen LogP contribution < -0.4 is 16.6 Å². The minimum atomic E-state index is -4.72. The van der Waals surface area contributed by atoms with Gasteiger partial charge in [0.15, 0.2) is 5.65 Å². The number of aryl methyl sites for hydroxylation is 2. The monoisotopic (exact) mass is 392 g/mol. The Kier molecular flexibility index (Phi) is 4.58. The molecule has 10 heteroatoms. The highest BCUT2D eigenvalue weighted by molar-refractivity contribution is 6.09. The van der Waals surface area contributed by atoms with E-state index in [1.165, 1.54) is 32.4 Å². The molecule has 0 fully saturated rings. The molecule has 0 aliphatic heterocycles. The Morgan fingerprint density at radius 2 is 1.75 bits per heavy atom. The van der Waals surface area contributed by atoms with Crippen LogP contribution in [-0.4, -0.2) is 20.0 Å². The van der Waals surface area contributed by atoms with Gasteiger partial charge in [0.2, 0.25) is 0 Å². The third-order valence-electron chi connectivity index (χ3n) is 4.37. The van der Waals surface area contributed by atoms with Crippen LogP contribution in [0, 0.1) is 6.92 Å². The lowest BCUT2D eigenvalue weighted by Gasteiger charge is -2.16.